The summed E-state index contributed by atoms with van der Waals surface area (Å²) in [6, 6.07) is 9.72. The van der Waals surface area contributed by atoms with E-state index in [4.69, 9.17) is 5.73 Å². The Morgan fingerprint density at radius 2 is 1.78 bits per heavy atom. The van der Waals surface area contributed by atoms with E-state index < -0.39 is 5.54 Å². The Bertz CT molecular complexity index is 402. The topological polar surface area (TPSA) is 55.1 Å². The molecule has 1 amide bonds. The number of hydrogen-bond donors (Lipinski definition) is 2. The average molecular weight is 244 g/mol. The van der Waals surface area contributed by atoms with Crippen LogP contribution >= 0.6 is 0 Å². The lowest BCUT2D eigenvalue weighted by Gasteiger charge is -2.25. The van der Waals surface area contributed by atoms with Crippen LogP contribution in [0.5, 0.6) is 0 Å². The fourth-order valence-electron chi connectivity index (χ4n) is 1.74. The number of hydrogen-bond acceptors (Lipinski definition) is 2. The van der Waals surface area contributed by atoms with E-state index in [0.29, 0.717) is 19.4 Å². The summed E-state index contributed by atoms with van der Waals surface area (Å²) in [7, 11) is 0. The molecule has 96 valence electrons. The first-order chi connectivity index (χ1) is 8.62. The van der Waals surface area contributed by atoms with Gasteiger partial charge in [0.15, 0.2) is 0 Å². The Morgan fingerprint density at radius 3 is 2.28 bits per heavy atom. The zero-order valence-corrected chi connectivity index (χ0v) is 10.6. The fraction of sp³-hybridized carbons (Fsp3) is 0.267. The Balaban J connectivity index is 2.62. The van der Waals surface area contributed by atoms with Gasteiger partial charge >= 0.3 is 0 Å². The monoisotopic (exact) mass is 244 g/mol. The van der Waals surface area contributed by atoms with Crippen molar-refractivity contribution in [3.05, 3.63) is 61.2 Å². The van der Waals surface area contributed by atoms with E-state index in [2.05, 4.69) is 18.5 Å². The summed E-state index contributed by atoms with van der Waals surface area (Å²) in [5, 5.41) is 2.85. The molecule has 1 aromatic carbocycles. The molecule has 0 aromatic heterocycles. The standard InChI is InChI=1S/C15H20N2O/c1-3-10-15(16,11-4-2)14(18)17-12-13-8-6-5-7-9-13/h3-9H,1-2,10-12,16H2,(H,17,18). The van der Waals surface area contributed by atoms with Gasteiger partial charge in [0.1, 0.15) is 5.54 Å². The maximum Gasteiger partial charge on any atom is 0.240 e. The van der Waals surface area contributed by atoms with Gasteiger partial charge < -0.3 is 11.1 Å². The summed E-state index contributed by atoms with van der Waals surface area (Å²) >= 11 is 0. The van der Waals surface area contributed by atoms with Gasteiger partial charge in [-0.2, -0.15) is 0 Å². The number of rotatable bonds is 7. The van der Waals surface area contributed by atoms with Crippen LogP contribution in [0.3, 0.4) is 0 Å². The van der Waals surface area contributed by atoms with E-state index in [1.165, 1.54) is 0 Å². The largest absolute Gasteiger partial charge is 0.350 e. The van der Waals surface area contributed by atoms with E-state index in [0.717, 1.165) is 5.56 Å². The minimum atomic E-state index is -0.946. The van der Waals surface area contributed by atoms with Crippen molar-refractivity contribution in [2.24, 2.45) is 5.73 Å². The van der Waals surface area contributed by atoms with Crippen LogP contribution in [-0.4, -0.2) is 11.4 Å². The molecule has 0 fully saturated rings. The van der Waals surface area contributed by atoms with Crippen molar-refractivity contribution in [2.75, 3.05) is 0 Å². The molecule has 1 rings (SSSR count). The van der Waals surface area contributed by atoms with Crippen LogP contribution in [0, 0.1) is 0 Å². The van der Waals surface area contributed by atoms with Crippen molar-refractivity contribution in [3.8, 4) is 0 Å². The van der Waals surface area contributed by atoms with Gasteiger partial charge in [-0.25, -0.2) is 0 Å². The maximum atomic E-state index is 12.1. The summed E-state index contributed by atoms with van der Waals surface area (Å²) in [5.41, 5.74) is 6.17. The van der Waals surface area contributed by atoms with Gasteiger partial charge in [-0.1, -0.05) is 42.5 Å². The highest BCUT2D eigenvalue weighted by molar-refractivity contribution is 5.86. The number of nitrogens with one attached hydrogen (secondary N) is 1. The predicted molar refractivity (Wildman–Crippen MR) is 74.8 cm³/mol. The summed E-state index contributed by atoms with van der Waals surface area (Å²) in [5.74, 6) is -0.175. The Morgan fingerprint density at radius 1 is 1.22 bits per heavy atom. The molecule has 3 N–H and O–H groups in total. The highest BCUT2D eigenvalue weighted by Crippen LogP contribution is 2.14. The molecule has 1 aromatic rings. The van der Waals surface area contributed by atoms with Crippen molar-refractivity contribution >= 4 is 5.91 Å². The van der Waals surface area contributed by atoms with Crippen LogP contribution < -0.4 is 11.1 Å². The zero-order chi connectivity index (χ0) is 13.4. The molecule has 18 heavy (non-hydrogen) atoms. The molecular weight excluding hydrogens is 224 g/mol. The predicted octanol–water partition coefficient (Wildman–Crippen LogP) is 2.15. The lowest BCUT2D eigenvalue weighted by molar-refractivity contribution is -0.126. The van der Waals surface area contributed by atoms with Gasteiger partial charge in [0, 0.05) is 6.54 Å². The Kier molecular flexibility index (Phi) is 5.33. The first kappa shape index (κ1) is 14.2. The minimum Gasteiger partial charge on any atom is -0.350 e. The van der Waals surface area contributed by atoms with Gasteiger partial charge in [0.25, 0.3) is 0 Å². The van der Waals surface area contributed by atoms with E-state index in [1.54, 1.807) is 12.2 Å². The fourth-order valence-corrected chi connectivity index (χ4v) is 1.74. The Hall–Kier alpha value is -1.87. The lowest BCUT2D eigenvalue weighted by atomic mass is 9.91. The van der Waals surface area contributed by atoms with Crippen molar-refractivity contribution in [1.82, 2.24) is 5.32 Å². The SMILES string of the molecule is C=CCC(N)(CC=C)C(=O)NCc1ccccc1. The molecule has 0 aliphatic heterocycles. The van der Waals surface area contributed by atoms with E-state index in [1.807, 2.05) is 30.3 Å². The highest BCUT2D eigenvalue weighted by Gasteiger charge is 2.30. The molecule has 0 unspecified atom stereocenters. The normalized spacial score (nSPS) is 10.7. The first-order valence-corrected chi connectivity index (χ1v) is 5.95. The quantitative estimate of drug-likeness (QED) is 0.722. The molecule has 0 radical (unpaired) electrons. The number of benzene rings is 1. The van der Waals surface area contributed by atoms with Crippen LogP contribution in [0.15, 0.2) is 55.6 Å². The smallest absolute Gasteiger partial charge is 0.240 e. The second-order valence-corrected chi connectivity index (χ2v) is 4.31. The summed E-state index contributed by atoms with van der Waals surface area (Å²) in [4.78, 5) is 12.1. The van der Waals surface area contributed by atoms with Crippen molar-refractivity contribution in [1.29, 1.82) is 0 Å². The minimum absolute atomic E-state index is 0.175. The number of nitrogens with two attached hydrogens (primary N) is 1. The van der Waals surface area contributed by atoms with Crippen LogP contribution in [0.4, 0.5) is 0 Å². The van der Waals surface area contributed by atoms with Crippen LogP contribution in [-0.2, 0) is 11.3 Å². The second-order valence-electron chi connectivity index (χ2n) is 4.31. The van der Waals surface area contributed by atoms with Crippen molar-refractivity contribution in [2.45, 2.75) is 24.9 Å². The summed E-state index contributed by atoms with van der Waals surface area (Å²) in [6.45, 7) is 7.75. The van der Waals surface area contributed by atoms with Crippen LogP contribution in [0.25, 0.3) is 0 Å². The molecule has 3 nitrogen and oxygen atoms in total. The highest BCUT2D eigenvalue weighted by atomic mass is 16.2. The van der Waals surface area contributed by atoms with Crippen LogP contribution in [0.1, 0.15) is 18.4 Å². The Labute approximate surface area is 108 Å². The van der Waals surface area contributed by atoms with Gasteiger partial charge in [-0.05, 0) is 18.4 Å². The summed E-state index contributed by atoms with van der Waals surface area (Å²) in [6.07, 6.45) is 4.18. The first-order valence-electron chi connectivity index (χ1n) is 5.95. The van der Waals surface area contributed by atoms with Crippen molar-refractivity contribution < 1.29 is 4.79 Å². The maximum absolute atomic E-state index is 12.1. The molecule has 0 aliphatic carbocycles. The molecule has 0 atom stereocenters. The third-order valence-corrected chi connectivity index (χ3v) is 2.77. The van der Waals surface area contributed by atoms with Crippen LogP contribution in [0.2, 0.25) is 0 Å². The molecule has 0 saturated heterocycles. The molecule has 3 heteroatoms. The number of amides is 1. The summed E-state index contributed by atoms with van der Waals surface area (Å²) < 4.78 is 0. The van der Waals surface area contributed by atoms with Gasteiger partial charge in [0.05, 0.1) is 0 Å². The zero-order valence-electron chi connectivity index (χ0n) is 10.6. The molecule has 0 bridgehead atoms. The molecule has 0 saturated carbocycles. The number of carbonyl (C=O) groups is 1. The van der Waals surface area contributed by atoms with Crippen molar-refractivity contribution in [3.63, 3.8) is 0 Å². The van der Waals surface area contributed by atoms with Gasteiger partial charge in [-0.3, -0.25) is 4.79 Å². The third kappa shape index (κ3) is 3.86. The van der Waals surface area contributed by atoms with E-state index in [-0.39, 0.29) is 5.91 Å². The third-order valence-electron chi connectivity index (χ3n) is 2.77. The number of carbonyl (C=O) groups excluding carboxylic acids is 1. The second kappa shape index (κ2) is 6.77. The van der Waals surface area contributed by atoms with E-state index in [9.17, 15) is 4.79 Å². The molecular formula is C15H20N2O. The molecule has 0 heterocycles. The average Bonchev–Trinajstić information content (AvgIpc) is 2.37. The van der Waals surface area contributed by atoms with Gasteiger partial charge in [0.2, 0.25) is 5.91 Å². The van der Waals surface area contributed by atoms with Gasteiger partial charge in [-0.15, -0.1) is 13.2 Å². The molecule has 0 aliphatic rings. The van der Waals surface area contributed by atoms with E-state index >= 15 is 0 Å². The molecule has 0 spiro atoms. The lowest BCUT2D eigenvalue weighted by Crippen LogP contribution is -2.53.